The Morgan fingerprint density at radius 2 is 1.58 bits per heavy atom. The Kier molecular flexibility index (Phi) is 5.99. The van der Waals surface area contributed by atoms with Crippen LogP contribution in [0.4, 0.5) is 0 Å². The SMILES string of the molecule is CCN(C)C(=NC1CCCCC1)NC1CCCCC1. The molecule has 2 rings (SSSR count). The first-order valence-electron chi connectivity index (χ1n) is 8.35. The summed E-state index contributed by atoms with van der Waals surface area (Å²) in [5.41, 5.74) is 0. The van der Waals surface area contributed by atoms with Crippen molar-refractivity contribution in [1.82, 2.24) is 10.2 Å². The highest BCUT2D eigenvalue weighted by atomic mass is 15.3. The van der Waals surface area contributed by atoms with E-state index >= 15 is 0 Å². The predicted octanol–water partition coefficient (Wildman–Crippen LogP) is 3.55. The van der Waals surface area contributed by atoms with Crippen molar-refractivity contribution in [2.24, 2.45) is 4.99 Å². The summed E-state index contributed by atoms with van der Waals surface area (Å²) in [7, 11) is 2.16. The van der Waals surface area contributed by atoms with E-state index in [0.717, 1.165) is 12.5 Å². The highest BCUT2D eigenvalue weighted by Crippen LogP contribution is 2.21. The van der Waals surface area contributed by atoms with Crippen molar-refractivity contribution in [2.75, 3.05) is 13.6 Å². The average molecular weight is 265 g/mol. The van der Waals surface area contributed by atoms with Crippen molar-refractivity contribution in [3.8, 4) is 0 Å². The molecular formula is C16H31N3. The topological polar surface area (TPSA) is 27.6 Å². The standard InChI is InChI=1S/C16H31N3/c1-3-19(2)16(17-14-10-6-4-7-11-14)18-15-12-8-5-9-13-15/h14-15H,3-13H2,1-2H3,(H,17,18). The molecule has 0 aromatic heterocycles. The van der Waals surface area contributed by atoms with E-state index < -0.39 is 0 Å². The summed E-state index contributed by atoms with van der Waals surface area (Å²) in [5.74, 6) is 1.15. The van der Waals surface area contributed by atoms with Crippen molar-refractivity contribution in [2.45, 2.75) is 83.2 Å². The highest BCUT2D eigenvalue weighted by molar-refractivity contribution is 5.80. The molecule has 3 heteroatoms. The molecule has 2 fully saturated rings. The molecule has 0 aromatic carbocycles. The summed E-state index contributed by atoms with van der Waals surface area (Å²) < 4.78 is 0. The summed E-state index contributed by atoms with van der Waals surface area (Å²) in [6.45, 7) is 3.24. The molecule has 0 bridgehead atoms. The van der Waals surface area contributed by atoms with Gasteiger partial charge in [-0.05, 0) is 32.6 Å². The molecule has 0 spiro atoms. The Morgan fingerprint density at radius 1 is 1.00 bits per heavy atom. The van der Waals surface area contributed by atoms with Crippen LogP contribution in [0.25, 0.3) is 0 Å². The van der Waals surface area contributed by atoms with Crippen LogP contribution in [0.1, 0.15) is 71.1 Å². The van der Waals surface area contributed by atoms with Gasteiger partial charge >= 0.3 is 0 Å². The molecule has 1 N–H and O–H groups in total. The van der Waals surface area contributed by atoms with Gasteiger partial charge in [-0.15, -0.1) is 0 Å². The van der Waals surface area contributed by atoms with E-state index in [0.29, 0.717) is 12.1 Å². The number of hydrogen-bond donors (Lipinski definition) is 1. The lowest BCUT2D eigenvalue weighted by Crippen LogP contribution is -2.45. The third kappa shape index (κ3) is 4.70. The number of rotatable bonds is 3. The second-order valence-electron chi connectivity index (χ2n) is 6.24. The number of hydrogen-bond acceptors (Lipinski definition) is 1. The summed E-state index contributed by atoms with van der Waals surface area (Å²) in [6, 6.07) is 1.22. The first-order valence-corrected chi connectivity index (χ1v) is 8.35. The normalized spacial score (nSPS) is 23.4. The zero-order valence-electron chi connectivity index (χ0n) is 12.8. The van der Waals surface area contributed by atoms with Crippen LogP contribution >= 0.6 is 0 Å². The maximum absolute atomic E-state index is 5.03. The van der Waals surface area contributed by atoms with Gasteiger partial charge in [0, 0.05) is 19.6 Å². The Labute approximate surface area is 118 Å². The molecule has 0 aliphatic heterocycles. The van der Waals surface area contributed by atoms with Gasteiger partial charge in [0.15, 0.2) is 5.96 Å². The largest absolute Gasteiger partial charge is 0.354 e. The Bertz CT molecular complexity index is 276. The summed E-state index contributed by atoms with van der Waals surface area (Å²) in [5, 5.41) is 3.73. The molecule has 0 heterocycles. The van der Waals surface area contributed by atoms with Crippen LogP contribution in [0, 0.1) is 0 Å². The molecule has 0 aromatic rings. The maximum Gasteiger partial charge on any atom is 0.194 e. The van der Waals surface area contributed by atoms with Gasteiger partial charge in [-0.3, -0.25) is 0 Å². The zero-order chi connectivity index (χ0) is 13.5. The fraction of sp³-hybridized carbons (Fsp3) is 0.938. The second kappa shape index (κ2) is 7.76. The van der Waals surface area contributed by atoms with E-state index in [9.17, 15) is 0 Å². The third-order valence-corrected chi connectivity index (χ3v) is 4.65. The van der Waals surface area contributed by atoms with E-state index in [4.69, 9.17) is 4.99 Å². The van der Waals surface area contributed by atoms with Crippen LogP contribution in [-0.2, 0) is 0 Å². The lowest BCUT2D eigenvalue weighted by Gasteiger charge is -2.30. The van der Waals surface area contributed by atoms with Crippen LogP contribution in [0.3, 0.4) is 0 Å². The molecule has 0 radical (unpaired) electrons. The van der Waals surface area contributed by atoms with Gasteiger partial charge in [0.05, 0.1) is 6.04 Å². The van der Waals surface area contributed by atoms with Crippen LogP contribution in [0.2, 0.25) is 0 Å². The van der Waals surface area contributed by atoms with E-state index in [-0.39, 0.29) is 0 Å². The summed E-state index contributed by atoms with van der Waals surface area (Å²) in [6.07, 6.45) is 13.5. The molecule has 2 saturated carbocycles. The number of guanidine groups is 1. The van der Waals surface area contributed by atoms with E-state index in [1.165, 1.54) is 64.2 Å². The van der Waals surface area contributed by atoms with Crippen molar-refractivity contribution in [1.29, 1.82) is 0 Å². The summed E-state index contributed by atoms with van der Waals surface area (Å²) in [4.78, 5) is 7.31. The molecule has 3 nitrogen and oxygen atoms in total. The Morgan fingerprint density at radius 3 is 2.16 bits per heavy atom. The van der Waals surface area contributed by atoms with Gasteiger partial charge in [0.2, 0.25) is 0 Å². The molecular weight excluding hydrogens is 234 g/mol. The van der Waals surface area contributed by atoms with Crippen LogP contribution in [0.15, 0.2) is 4.99 Å². The number of nitrogens with one attached hydrogen (secondary N) is 1. The predicted molar refractivity (Wildman–Crippen MR) is 82.6 cm³/mol. The van der Waals surface area contributed by atoms with Crippen molar-refractivity contribution in [3.63, 3.8) is 0 Å². The minimum Gasteiger partial charge on any atom is -0.354 e. The van der Waals surface area contributed by atoms with E-state index in [1.807, 2.05) is 0 Å². The molecule has 0 saturated heterocycles. The molecule has 0 amide bonds. The van der Waals surface area contributed by atoms with Gasteiger partial charge in [-0.1, -0.05) is 38.5 Å². The zero-order valence-corrected chi connectivity index (χ0v) is 12.8. The molecule has 0 atom stereocenters. The first-order chi connectivity index (χ1) is 9.29. The van der Waals surface area contributed by atoms with Crippen LogP contribution in [-0.4, -0.2) is 36.5 Å². The van der Waals surface area contributed by atoms with Gasteiger partial charge in [-0.25, -0.2) is 4.99 Å². The fourth-order valence-electron chi connectivity index (χ4n) is 3.21. The fourth-order valence-corrected chi connectivity index (χ4v) is 3.21. The van der Waals surface area contributed by atoms with Crippen molar-refractivity contribution in [3.05, 3.63) is 0 Å². The van der Waals surface area contributed by atoms with Crippen LogP contribution in [0.5, 0.6) is 0 Å². The monoisotopic (exact) mass is 265 g/mol. The lowest BCUT2D eigenvalue weighted by atomic mass is 9.95. The molecule has 2 aliphatic carbocycles. The highest BCUT2D eigenvalue weighted by Gasteiger charge is 2.18. The van der Waals surface area contributed by atoms with E-state index in [2.05, 4.69) is 24.2 Å². The number of nitrogens with zero attached hydrogens (tertiary/aromatic N) is 2. The minimum atomic E-state index is 0.564. The lowest BCUT2D eigenvalue weighted by molar-refractivity contribution is 0.384. The van der Waals surface area contributed by atoms with Crippen molar-refractivity contribution >= 4 is 5.96 Å². The third-order valence-electron chi connectivity index (χ3n) is 4.65. The number of aliphatic imine (C=N–C) groups is 1. The maximum atomic E-state index is 5.03. The van der Waals surface area contributed by atoms with Crippen molar-refractivity contribution < 1.29 is 0 Å². The minimum absolute atomic E-state index is 0.564. The second-order valence-corrected chi connectivity index (χ2v) is 6.24. The molecule has 2 aliphatic rings. The van der Waals surface area contributed by atoms with Gasteiger partial charge in [0.1, 0.15) is 0 Å². The first kappa shape index (κ1) is 14.7. The van der Waals surface area contributed by atoms with Gasteiger partial charge < -0.3 is 10.2 Å². The average Bonchev–Trinajstić information content (AvgIpc) is 2.48. The molecule has 0 unspecified atom stereocenters. The molecule has 19 heavy (non-hydrogen) atoms. The smallest absolute Gasteiger partial charge is 0.194 e. The summed E-state index contributed by atoms with van der Waals surface area (Å²) >= 11 is 0. The van der Waals surface area contributed by atoms with E-state index in [1.54, 1.807) is 0 Å². The Hall–Kier alpha value is -0.730. The Balaban J connectivity index is 1.95. The van der Waals surface area contributed by atoms with Crippen LogP contribution < -0.4 is 5.32 Å². The quantitative estimate of drug-likeness (QED) is 0.624. The molecule has 110 valence electrons. The van der Waals surface area contributed by atoms with Gasteiger partial charge in [-0.2, -0.15) is 0 Å². The van der Waals surface area contributed by atoms with Gasteiger partial charge in [0.25, 0.3) is 0 Å².